The quantitative estimate of drug-likeness (QED) is 0.171. The molecule has 0 bridgehead atoms. The van der Waals surface area contributed by atoms with Crippen molar-refractivity contribution in [2.75, 3.05) is 0 Å². The third kappa shape index (κ3) is 3.75. The third-order valence-electron chi connectivity index (χ3n) is 13.5. The van der Waals surface area contributed by atoms with Gasteiger partial charge in [-0.3, -0.25) is 0 Å². The molecule has 10 aromatic rings. The monoisotopic (exact) mass is 721 g/mol. The molecule has 9 aromatic carbocycles. The van der Waals surface area contributed by atoms with E-state index in [0.29, 0.717) is 0 Å². The fourth-order valence-corrected chi connectivity index (χ4v) is 11.4. The van der Waals surface area contributed by atoms with Gasteiger partial charge in [0.1, 0.15) is 0 Å². The van der Waals surface area contributed by atoms with E-state index >= 15 is 0 Å². The number of rotatable bonds is 3. The van der Waals surface area contributed by atoms with Crippen molar-refractivity contribution in [3.8, 4) is 39.1 Å². The molecule has 1 spiro atoms. The first-order valence-corrected chi connectivity index (χ1v) is 20.0. The van der Waals surface area contributed by atoms with E-state index in [2.05, 4.69) is 217 Å². The Morgan fingerprint density at radius 2 is 0.825 bits per heavy atom. The maximum Gasteiger partial charge on any atom is 0.0720 e. The normalized spacial score (nSPS) is 18.0. The van der Waals surface area contributed by atoms with E-state index in [1.165, 1.54) is 105 Å². The van der Waals surface area contributed by atoms with E-state index in [1.54, 1.807) is 0 Å². The van der Waals surface area contributed by atoms with Crippen LogP contribution in [0.2, 0.25) is 0 Å². The average molecular weight is 722 g/mol. The summed E-state index contributed by atoms with van der Waals surface area (Å²) in [5, 5.41) is 2.54. The van der Waals surface area contributed by atoms with E-state index in [4.69, 9.17) is 0 Å². The van der Waals surface area contributed by atoms with Gasteiger partial charge in [-0.05, 0) is 108 Å². The number of benzene rings is 9. The fourth-order valence-electron chi connectivity index (χ4n) is 11.4. The van der Waals surface area contributed by atoms with Gasteiger partial charge in [-0.25, -0.2) is 0 Å². The Hall–Kier alpha value is -7.22. The molecule has 3 aliphatic rings. The zero-order valence-corrected chi connectivity index (χ0v) is 31.2. The largest absolute Gasteiger partial charge is 0.309 e. The molecule has 57 heavy (non-hydrogen) atoms. The number of nitrogens with zero attached hydrogens (tertiary/aromatic N) is 1. The van der Waals surface area contributed by atoms with E-state index in [0.717, 1.165) is 0 Å². The zero-order valence-electron chi connectivity index (χ0n) is 31.2. The highest BCUT2D eigenvalue weighted by Crippen LogP contribution is 2.68. The SMILES string of the molecule is c1ccc(-n2c3ccccc3c3ccc(-c4ccc5c(c4)-c4ccccc4C54c5ccccc5C5(c6ccccc6)c6ccccc6-c6cccc4c65)cc32)cc1. The predicted octanol–water partition coefficient (Wildman–Crippen LogP) is 13.5. The van der Waals surface area contributed by atoms with E-state index in [9.17, 15) is 0 Å². The molecule has 1 aromatic heterocycles. The maximum absolute atomic E-state index is 2.47. The summed E-state index contributed by atoms with van der Waals surface area (Å²) in [5.41, 5.74) is 21.3. The second kappa shape index (κ2) is 11.2. The van der Waals surface area contributed by atoms with E-state index in [-0.39, 0.29) is 0 Å². The van der Waals surface area contributed by atoms with Crippen LogP contribution in [0.5, 0.6) is 0 Å². The summed E-state index contributed by atoms with van der Waals surface area (Å²) in [4.78, 5) is 0. The lowest BCUT2D eigenvalue weighted by Gasteiger charge is -2.48. The molecule has 1 heterocycles. The number of fused-ring (bicyclic) bond motifs is 15. The van der Waals surface area contributed by atoms with Gasteiger partial charge in [0.2, 0.25) is 0 Å². The molecule has 0 amide bonds. The highest BCUT2D eigenvalue weighted by atomic mass is 15.0. The van der Waals surface area contributed by atoms with Crippen molar-refractivity contribution in [3.63, 3.8) is 0 Å². The van der Waals surface area contributed by atoms with Crippen LogP contribution in [0.3, 0.4) is 0 Å². The van der Waals surface area contributed by atoms with Crippen molar-refractivity contribution < 1.29 is 0 Å². The number of para-hydroxylation sites is 2. The molecule has 2 atom stereocenters. The van der Waals surface area contributed by atoms with Crippen molar-refractivity contribution in [1.82, 2.24) is 4.57 Å². The summed E-state index contributed by atoms with van der Waals surface area (Å²) in [7, 11) is 0. The molecule has 2 unspecified atom stereocenters. The molecule has 0 fully saturated rings. The first-order valence-electron chi connectivity index (χ1n) is 20.0. The maximum atomic E-state index is 2.47. The molecule has 264 valence electrons. The summed E-state index contributed by atoms with van der Waals surface area (Å²) in [6.45, 7) is 0. The van der Waals surface area contributed by atoms with Crippen molar-refractivity contribution in [2.24, 2.45) is 0 Å². The molecule has 0 saturated heterocycles. The van der Waals surface area contributed by atoms with Crippen LogP contribution in [0.25, 0.3) is 60.9 Å². The van der Waals surface area contributed by atoms with Crippen molar-refractivity contribution in [1.29, 1.82) is 0 Å². The second-order valence-corrected chi connectivity index (χ2v) is 15.9. The zero-order chi connectivity index (χ0) is 37.3. The van der Waals surface area contributed by atoms with Crippen molar-refractivity contribution in [3.05, 3.63) is 257 Å². The molecular formula is C56H35N. The van der Waals surface area contributed by atoms with Gasteiger partial charge in [0.05, 0.1) is 21.9 Å². The van der Waals surface area contributed by atoms with Crippen LogP contribution in [0.4, 0.5) is 0 Å². The van der Waals surface area contributed by atoms with Gasteiger partial charge in [-0.15, -0.1) is 0 Å². The van der Waals surface area contributed by atoms with Gasteiger partial charge in [0.25, 0.3) is 0 Å². The molecule has 0 saturated carbocycles. The number of hydrogen-bond acceptors (Lipinski definition) is 0. The standard InChI is InChI=1S/C56H35N/c1-3-16-38(17-4-1)55-46-24-10-7-20-40(46)44-23-15-28-51(54(44)55)56(50-27-13-12-26-49(50)55)47-25-11-8-21-41(47)45-34-36(31-33-48(45)56)37-30-32-43-42-22-9-14-29-52(42)57(53(43)35-37)39-18-5-2-6-19-39/h1-35H. The lowest BCUT2D eigenvalue weighted by molar-refractivity contribution is 0.636. The van der Waals surface area contributed by atoms with Gasteiger partial charge >= 0.3 is 0 Å². The molecule has 13 rings (SSSR count). The van der Waals surface area contributed by atoms with Crippen LogP contribution in [0.15, 0.2) is 212 Å². The Bertz CT molecular complexity index is 3300. The number of hydrogen-bond donors (Lipinski definition) is 0. The van der Waals surface area contributed by atoms with Gasteiger partial charge in [-0.1, -0.05) is 182 Å². The molecule has 3 aliphatic carbocycles. The Kier molecular flexibility index (Phi) is 6.09. The predicted molar refractivity (Wildman–Crippen MR) is 234 cm³/mol. The third-order valence-corrected chi connectivity index (χ3v) is 13.5. The lowest BCUT2D eigenvalue weighted by Crippen LogP contribution is -2.43. The molecular weight excluding hydrogens is 687 g/mol. The second-order valence-electron chi connectivity index (χ2n) is 15.9. The Labute approximate surface area is 331 Å². The minimum Gasteiger partial charge on any atom is -0.309 e. The van der Waals surface area contributed by atoms with Crippen molar-refractivity contribution in [2.45, 2.75) is 10.8 Å². The van der Waals surface area contributed by atoms with Gasteiger partial charge in [0, 0.05) is 16.5 Å². The van der Waals surface area contributed by atoms with Gasteiger partial charge in [-0.2, -0.15) is 0 Å². The summed E-state index contributed by atoms with van der Waals surface area (Å²) in [6.07, 6.45) is 0. The lowest BCUT2D eigenvalue weighted by atomic mass is 9.52. The van der Waals surface area contributed by atoms with Crippen LogP contribution in [-0.2, 0) is 10.8 Å². The highest BCUT2D eigenvalue weighted by molar-refractivity contribution is 6.10. The molecule has 0 N–H and O–H groups in total. The Balaban J connectivity index is 1.10. The van der Waals surface area contributed by atoms with Crippen LogP contribution >= 0.6 is 0 Å². The summed E-state index contributed by atoms with van der Waals surface area (Å²) < 4.78 is 2.41. The minimum atomic E-state index is -0.490. The summed E-state index contributed by atoms with van der Waals surface area (Å²) >= 11 is 0. The van der Waals surface area contributed by atoms with Crippen LogP contribution in [-0.4, -0.2) is 4.57 Å². The number of aromatic nitrogens is 1. The van der Waals surface area contributed by atoms with Crippen LogP contribution < -0.4 is 0 Å². The van der Waals surface area contributed by atoms with Crippen LogP contribution in [0.1, 0.15) is 44.5 Å². The minimum absolute atomic E-state index is 0.435. The highest BCUT2D eigenvalue weighted by Gasteiger charge is 2.59. The van der Waals surface area contributed by atoms with Crippen molar-refractivity contribution >= 4 is 21.8 Å². The smallest absolute Gasteiger partial charge is 0.0720 e. The first-order chi connectivity index (χ1) is 28.3. The molecule has 0 aliphatic heterocycles. The summed E-state index contributed by atoms with van der Waals surface area (Å²) in [5.74, 6) is 0. The molecule has 0 radical (unpaired) electrons. The molecule has 1 heteroatoms. The fraction of sp³-hybridized carbons (Fsp3) is 0.0357. The molecule has 1 nitrogen and oxygen atoms in total. The topological polar surface area (TPSA) is 4.93 Å². The van der Waals surface area contributed by atoms with Gasteiger partial charge < -0.3 is 4.57 Å². The van der Waals surface area contributed by atoms with E-state index < -0.39 is 10.8 Å². The Morgan fingerprint density at radius 3 is 1.61 bits per heavy atom. The van der Waals surface area contributed by atoms with E-state index in [1.807, 2.05) is 0 Å². The van der Waals surface area contributed by atoms with Crippen LogP contribution in [0, 0.1) is 0 Å². The Morgan fingerprint density at radius 1 is 0.298 bits per heavy atom. The average Bonchev–Trinajstić information content (AvgIpc) is 3.89. The van der Waals surface area contributed by atoms with Gasteiger partial charge in [0.15, 0.2) is 0 Å². The summed E-state index contributed by atoms with van der Waals surface area (Å²) in [6, 6.07) is 79.9. The first kappa shape index (κ1) is 31.0.